The maximum atomic E-state index is 9.11. The summed E-state index contributed by atoms with van der Waals surface area (Å²) in [5.41, 5.74) is 2.39. The minimum atomic E-state index is -0.231. The zero-order valence-corrected chi connectivity index (χ0v) is 10.3. The first kappa shape index (κ1) is 13.0. The van der Waals surface area contributed by atoms with Gasteiger partial charge < -0.3 is 15.2 Å². The van der Waals surface area contributed by atoms with E-state index in [1.54, 1.807) is 14.0 Å². The van der Waals surface area contributed by atoms with Crippen LogP contribution in [0.5, 0.6) is 5.75 Å². The monoisotopic (exact) mass is 223 g/mol. The molecular weight excluding hydrogens is 202 g/mol. The highest BCUT2D eigenvalue weighted by atomic mass is 16.5. The quantitative estimate of drug-likeness (QED) is 0.723. The van der Waals surface area contributed by atoms with Crippen molar-refractivity contribution in [2.24, 2.45) is 0 Å². The lowest BCUT2D eigenvalue weighted by molar-refractivity contribution is 0.183. The highest BCUT2D eigenvalue weighted by molar-refractivity contribution is 5.36. The number of ether oxygens (including phenoxy) is 1. The first-order valence-electron chi connectivity index (χ1n) is 5.65. The van der Waals surface area contributed by atoms with Gasteiger partial charge in [-0.1, -0.05) is 12.1 Å². The summed E-state index contributed by atoms with van der Waals surface area (Å²) in [5.74, 6) is 0.924. The van der Waals surface area contributed by atoms with Crippen molar-refractivity contribution in [3.63, 3.8) is 0 Å². The van der Waals surface area contributed by atoms with E-state index in [2.05, 4.69) is 17.4 Å². The first-order chi connectivity index (χ1) is 7.63. The van der Waals surface area contributed by atoms with E-state index in [4.69, 9.17) is 9.84 Å². The predicted octanol–water partition coefficient (Wildman–Crippen LogP) is 1.86. The number of aliphatic hydroxyl groups excluding tert-OH is 1. The van der Waals surface area contributed by atoms with Gasteiger partial charge in [-0.3, -0.25) is 0 Å². The van der Waals surface area contributed by atoms with Crippen molar-refractivity contribution in [2.45, 2.75) is 32.9 Å². The third-order valence-corrected chi connectivity index (χ3v) is 2.53. The van der Waals surface area contributed by atoms with Gasteiger partial charge in [-0.2, -0.15) is 0 Å². The Kier molecular flexibility index (Phi) is 5.29. The van der Waals surface area contributed by atoms with Crippen molar-refractivity contribution in [1.82, 2.24) is 5.32 Å². The van der Waals surface area contributed by atoms with Crippen LogP contribution in [0.2, 0.25) is 0 Å². The molecule has 0 saturated heterocycles. The lowest BCUT2D eigenvalue weighted by Gasteiger charge is -2.09. The molecule has 0 aliphatic carbocycles. The fourth-order valence-electron chi connectivity index (χ4n) is 1.59. The molecule has 16 heavy (non-hydrogen) atoms. The normalized spacial score (nSPS) is 12.5. The van der Waals surface area contributed by atoms with Gasteiger partial charge in [0.25, 0.3) is 0 Å². The molecule has 0 fully saturated rings. The number of benzene rings is 1. The van der Waals surface area contributed by atoms with Crippen molar-refractivity contribution >= 4 is 0 Å². The molecule has 0 spiro atoms. The van der Waals surface area contributed by atoms with E-state index in [1.807, 2.05) is 13.0 Å². The number of nitrogens with one attached hydrogen (secondary N) is 1. The van der Waals surface area contributed by atoms with Gasteiger partial charge in [-0.25, -0.2) is 0 Å². The van der Waals surface area contributed by atoms with E-state index in [0.717, 1.165) is 30.8 Å². The van der Waals surface area contributed by atoms with E-state index in [0.29, 0.717) is 0 Å². The number of aliphatic hydroxyl groups is 1. The number of methoxy groups -OCH3 is 1. The van der Waals surface area contributed by atoms with Gasteiger partial charge in [-0.05, 0) is 44.0 Å². The molecule has 90 valence electrons. The zero-order chi connectivity index (χ0) is 12.0. The second kappa shape index (κ2) is 6.51. The molecule has 1 aromatic rings. The van der Waals surface area contributed by atoms with Crippen LogP contribution in [0.25, 0.3) is 0 Å². The maximum absolute atomic E-state index is 9.11. The molecule has 1 aromatic carbocycles. The molecule has 0 bridgehead atoms. The average Bonchev–Trinajstić information content (AvgIpc) is 2.24. The molecular formula is C13H21NO2. The van der Waals surface area contributed by atoms with E-state index in [1.165, 1.54) is 5.56 Å². The van der Waals surface area contributed by atoms with Gasteiger partial charge in [0, 0.05) is 6.54 Å². The molecule has 0 amide bonds. The largest absolute Gasteiger partial charge is 0.496 e. The summed E-state index contributed by atoms with van der Waals surface area (Å²) >= 11 is 0. The SMILES string of the molecule is COc1ccc(CNCCC(C)O)cc1C. The van der Waals surface area contributed by atoms with Gasteiger partial charge in [0.2, 0.25) is 0 Å². The lowest BCUT2D eigenvalue weighted by atomic mass is 10.1. The number of hydrogen-bond donors (Lipinski definition) is 2. The Bertz CT molecular complexity index is 324. The summed E-state index contributed by atoms with van der Waals surface area (Å²) in [7, 11) is 1.68. The van der Waals surface area contributed by atoms with Gasteiger partial charge >= 0.3 is 0 Å². The van der Waals surface area contributed by atoms with Crippen LogP contribution >= 0.6 is 0 Å². The standard InChI is InChI=1S/C13H21NO2/c1-10-8-12(4-5-13(10)16-3)9-14-7-6-11(2)15/h4-5,8,11,14-15H,6-7,9H2,1-3H3. The van der Waals surface area contributed by atoms with E-state index in [-0.39, 0.29) is 6.10 Å². The maximum Gasteiger partial charge on any atom is 0.121 e. The smallest absolute Gasteiger partial charge is 0.121 e. The van der Waals surface area contributed by atoms with Crippen molar-refractivity contribution in [3.05, 3.63) is 29.3 Å². The zero-order valence-electron chi connectivity index (χ0n) is 10.3. The third kappa shape index (κ3) is 4.21. The second-order valence-corrected chi connectivity index (χ2v) is 4.12. The Hall–Kier alpha value is -1.06. The number of rotatable bonds is 6. The molecule has 2 N–H and O–H groups in total. The fraction of sp³-hybridized carbons (Fsp3) is 0.538. The van der Waals surface area contributed by atoms with E-state index in [9.17, 15) is 0 Å². The summed E-state index contributed by atoms with van der Waals surface area (Å²) < 4.78 is 5.20. The summed E-state index contributed by atoms with van der Waals surface area (Å²) in [4.78, 5) is 0. The summed E-state index contributed by atoms with van der Waals surface area (Å²) in [6.45, 7) is 5.51. The van der Waals surface area contributed by atoms with Crippen LogP contribution in [-0.2, 0) is 6.54 Å². The Morgan fingerprint density at radius 1 is 1.44 bits per heavy atom. The Morgan fingerprint density at radius 3 is 2.75 bits per heavy atom. The van der Waals surface area contributed by atoms with Gasteiger partial charge in [0.1, 0.15) is 5.75 Å². The van der Waals surface area contributed by atoms with E-state index >= 15 is 0 Å². The van der Waals surface area contributed by atoms with E-state index < -0.39 is 0 Å². The molecule has 3 nitrogen and oxygen atoms in total. The van der Waals surface area contributed by atoms with Crippen LogP contribution in [-0.4, -0.2) is 24.9 Å². The van der Waals surface area contributed by atoms with Crippen LogP contribution in [0, 0.1) is 6.92 Å². The molecule has 0 radical (unpaired) electrons. The van der Waals surface area contributed by atoms with Gasteiger partial charge in [-0.15, -0.1) is 0 Å². The summed E-state index contributed by atoms with van der Waals surface area (Å²) in [6, 6.07) is 6.16. The Labute approximate surface area is 97.4 Å². The summed E-state index contributed by atoms with van der Waals surface area (Å²) in [5, 5.41) is 12.4. The number of hydrogen-bond acceptors (Lipinski definition) is 3. The Morgan fingerprint density at radius 2 is 2.19 bits per heavy atom. The first-order valence-corrected chi connectivity index (χ1v) is 5.65. The minimum absolute atomic E-state index is 0.231. The molecule has 0 aliphatic heterocycles. The molecule has 1 unspecified atom stereocenters. The molecule has 0 aromatic heterocycles. The van der Waals surface area contributed by atoms with Crippen LogP contribution in [0.4, 0.5) is 0 Å². The minimum Gasteiger partial charge on any atom is -0.496 e. The van der Waals surface area contributed by atoms with Gasteiger partial charge in [0.05, 0.1) is 13.2 Å². The third-order valence-electron chi connectivity index (χ3n) is 2.53. The molecule has 0 aliphatic rings. The molecule has 0 heterocycles. The van der Waals surface area contributed by atoms with Crippen LogP contribution in [0.15, 0.2) is 18.2 Å². The average molecular weight is 223 g/mol. The summed E-state index contributed by atoms with van der Waals surface area (Å²) in [6.07, 6.45) is 0.555. The lowest BCUT2D eigenvalue weighted by Crippen LogP contribution is -2.18. The molecule has 1 rings (SSSR count). The van der Waals surface area contributed by atoms with Crippen LogP contribution in [0.3, 0.4) is 0 Å². The van der Waals surface area contributed by atoms with Gasteiger partial charge in [0.15, 0.2) is 0 Å². The number of aryl methyl sites for hydroxylation is 1. The van der Waals surface area contributed by atoms with Crippen LogP contribution < -0.4 is 10.1 Å². The highest BCUT2D eigenvalue weighted by Gasteiger charge is 2.00. The molecule has 3 heteroatoms. The molecule has 0 saturated carbocycles. The second-order valence-electron chi connectivity index (χ2n) is 4.12. The topological polar surface area (TPSA) is 41.5 Å². The van der Waals surface area contributed by atoms with Crippen molar-refractivity contribution < 1.29 is 9.84 Å². The van der Waals surface area contributed by atoms with Crippen molar-refractivity contribution in [2.75, 3.05) is 13.7 Å². The fourth-order valence-corrected chi connectivity index (χ4v) is 1.59. The van der Waals surface area contributed by atoms with Crippen molar-refractivity contribution in [3.8, 4) is 5.75 Å². The Balaban J connectivity index is 2.40. The van der Waals surface area contributed by atoms with Crippen molar-refractivity contribution in [1.29, 1.82) is 0 Å². The molecule has 1 atom stereocenters. The predicted molar refractivity (Wildman–Crippen MR) is 65.7 cm³/mol. The van der Waals surface area contributed by atoms with Crippen LogP contribution in [0.1, 0.15) is 24.5 Å². The highest BCUT2D eigenvalue weighted by Crippen LogP contribution is 2.18.